The highest BCUT2D eigenvalue weighted by Gasteiger charge is 2.18. The zero-order valence-corrected chi connectivity index (χ0v) is 11.9. The number of carbonyl (C=O) groups is 1. The van der Waals surface area contributed by atoms with Crippen LogP contribution in [0.1, 0.15) is 37.4 Å². The van der Waals surface area contributed by atoms with Gasteiger partial charge in [0.1, 0.15) is 5.82 Å². The van der Waals surface area contributed by atoms with Gasteiger partial charge in [-0.25, -0.2) is 9.07 Å². The van der Waals surface area contributed by atoms with Crippen LogP contribution >= 0.6 is 0 Å². The van der Waals surface area contributed by atoms with E-state index in [1.807, 2.05) is 13.8 Å². The van der Waals surface area contributed by atoms with E-state index in [9.17, 15) is 14.0 Å². The minimum Gasteiger partial charge on any atom is -0.481 e. The number of aromatic nitrogens is 2. The van der Waals surface area contributed by atoms with Crippen molar-refractivity contribution in [3.05, 3.63) is 51.7 Å². The maximum absolute atomic E-state index is 13.0. The van der Waals surface area contributed by atoms with Gasteiger partial charge in [-0.05, 0) is 36.6 Å². The van der Waals surface area contributed by atoms with E-state index in [2.05, 4.69) is 5.10 Å². The molecule has 2 N–H and O–H groups in total. The lowest BCUT2D eigenvalue weighted by atomic mass is 10.0. The van der Waals surface area contributed by atoms with Crippen molar-refractivity contribution >= 4 is 5.97 Å². The molecular weight excluding hydrogens is 275 g/mol. The average Bonchev–Trinajstić information content (AvgIpc) is 2.75. The van der Waals surface area contributed by atoms with Gasteiger partial charge in [0.2, 0.25) is 0 Å². The molecule has 0 aliphatic carbocycles. The van der Waals surface area contributed by atoms with Gasteiger partial charge < -0.3 is 5.11 Å². The Labute approximate surface area is 121 Å². The fraction of sp³-hybridized carbons (Fsp3) is 0.333. The number of nitrogens with one attached hydrogen (secondary N) is 1. The van der Waals surface area contributed by atoms with Crippen LogP contribution in [0.2, 0.25) is 0 Å². The van der Waals surface area contributed by atoms with Crippen LogP contribution in [0.5, 0.6) is 0 Å². The number of nitrogens with zero attached hydrogens (tertiary/aromatic N) is 1. The predicted octanol–water partition coefficient (Wildman–Crippen LogP) is 2.45. The Bertz CT molecular complexity index is 699. The molecule has 21 heavy (non-hydrogen) atoms. The first-order chi connectivity index (χ1) is 9.90. The number of hydrogen-bond donors (Lipinski definition) is 2. The standard InChI is InChI=1S/C15H17FN2O3/c1-9(2)14-12(7-8-13(19)20)15(21)18(17-14)11-5-3-10(16)4-6-11/h3-6,9,17H,7-8H2,1-2H3,(H,19,20). The molecule has 0 radical (unpaired) electrons. The van der Waals surface area contributed by atoms with Crippen LogP contribution in [0.4, 0.5) is 4.39 Å². The molecule has 6 heteroatoms. The molecule has 0 amide bonds. The summed E-state index contributed by atoms with van der Waals surface area (Å²) in [6.07, 6.45) is 0.0720. The van der Waals surface area contributed by atoms with Gasteiger partial charge in [-0.3, -0.25) is 14.7 Å². The first-order valence-electron chi connectivity index (χ1n) is 6.71. The highest BCUT2D eigenvalue weighted by Crippen LogP contribution is 2.18. The molecule has 0 saturated carbocycles. The number of benzene rings is 1. The summed E-state index contributed by atoms with van der Waals surface area (Å²) < 4.78 is 14.3. The lowest BCUT2D eigenvalue weighted by Gasteiger charge is -2.04. The second kappa shape index (κ2) is 5.95. The van der Waals surface area contributed by atoms with Gasteiger partial charge in [0.25, 0.3) is 5.56 Å². The van der Waals surface area contributed by atoms with Crippen LogP contribution in [-0.4, -0.2) is 20.9 Å². The Morgan fingerprint density at radius 2 is 1.95 bits per heavy atom. The molecule has 0 saturated heterocycles. The van der Waals surface area contributed by atoms with E-state index in [1.54, 1.807) is 0 Å². The van der Waals surface area contributed by atoms with Gasteiger partial charge in [-0.15, -0.1) is 0 Å². The van der Waals surface area contributed by atoms with Crippen molar-refractivity contribution in [2.24, 2.45) is 0 Å². The summed E-state index contributed by atoms with van der Waals surface area (Å²) in [4.78, 5) is 23.2. The second-order valence-corrected chi connectivity index (χ2v) is 5.17. The fourth-order valence-electron chi connectivity index (χ4n) is 2.21. The lowest BCUT2D eigenvalue weighted by Crippen LogP contribution is -2.18. The number of aromatic amines is 1. The summed E-state index contributed by atoms with van der Waals surface area (Å²) in [6.45, 7) is 3.84. The smallest absolute Gasteiger partial charge is 0.303 e. The van der Waals surface area contributed by atoms with Crippen LogP contribution in [0.25, 0.3) is 5.69 Å². The van der Waals surface area contributed by atoms with E-state index >= 15 is 0 Å². The Hall–Kier alpha value is -2.37. The molecule has 5 nitrogen and oxygen atoms in total. The number of carboxylic acid groups (broad SMARTS) is 1. The topological polar surface area (TPSA) is 75.1 Å². The second-order valence-electron chi connectivity index (χ2n) is 5.17. The minimum absolute atomic E-state index is 0.0585. The molecule has 0 spiro atoms. The van der Waals surface area contributed by atoms with Gasteiger partial charge >= 0.3 is 5.97 Å². The number of halogens is 1. The van der Waals surface area contributed by atoms with Crippen molar-refractivity contribution in [2.45, 2.75) is 32.6 Å². The van der Waals surface area contributed by atoms with Gasteiger partial charge in [-0.1, -0.05) is 13.8 Å². The Balaban J connectivity index is 2.48. The zero-order chi connectivity index (χ0) is 15.6. The van der Waals surface area contributed by atoms with E-state index < -0.39 is 5.97 Å². The minimum atomic E-state index is -0.946. The van der Waals surface area contributed by atoms with Crippen molar-refractivity contribution in [3.63, 3.8) is 0 Å². The third-order valence-corrected chi connectivity index (χ3v) is 3.27. The predicted molar refractivity (Wildman–Crippen MR) is 76.4 cm³/mol. The summed E-state index contributed by atoms with van der Waals surface area (Å²) in [5.74, 6) is -1.27. The molecule has 0 fully saturated rings. The monoisotopic (exact) mass is 292 g/mol. The molecule has 0 aliphatic heterocycles. The summed E-state index contributed by atoms with van der Waals surface area (Å²) in [5.41, 5.74) is 1.42. The zero-order valence-electron chi connectivity index (χ0n) is 11.9. The average molecular weight is 292 g/mol. The Kier molecular flexibility index (Phi) is 4.26. The summed E-state index contributed by atoms with van der Waals surface area (Å²) in [6, 6.07) is 5.54. The third kappa shape index (κ3) is 3.21. The number of rotatable bonds is 5. The van der Waals surface area contributed by atoms with Crippen LogP contribution in [0.3, 0.4) is 0 Å². The summed E-state index contributed by atoms with van der Waals surface area (Å²) in [5, 5.41) is 11.8. The van der Waals surface area contributed by atoms with E-state index in [4.69, 9.17) is 5.11 Å². The SMILES string of the molecule is CC(C)c1[nH]n(-c2ccc(F)cc2)c(=O)c1CCC(=O)O. The van der Waals surface area contributed by atoms with Crippen LogP contribution < -0.4 is 5.56 Å². The van der Waals surface area contributed by atoms with Crippen molar-refractivity contribution < 1.29 is 14.3 Å². The summed E-state index contributed by atoms with van der Waals surface area (Å²) in [7, 11) is 0. The molecule has 0 atom stereocenters. The molecule has 112 valence electrons. The van der Waals surface area contributed by atoms with Crippen molar-refractivity contribution in [1.29, 1.82) is 0 Å². The normalized spacial score (nSPS) is 11.0. The highest BCUT2D eigenvalue weighted by atomic mass is 19.1. The lowest BCUT2D eigenvalue weighted by molar-refractivity contribution is -0.136. The molecule has 1 aromatic heterocycles. The van der Waals surface area contributed by atoms with Crippen molar-refractivity contribution in [3.8, 4) is 5.69 Å². The first kappa shape index (κ1) is 15.0. The molecule has 0 unspecified atom stereocenters. The molecular formula is C15H17FN2O3. The molecule has 1 heterocycles. The molecule has 2 rings (SSSR count). The number of aliphatic carboxylic acids is 1. The van der Waals surface area contributed by atoms with Crippen molar-refractivity contribution in [1.82, 2.24) is 9.78 Å². The van der Waals surface area contributed by atoms with Crippen molar-refractivity contribution in [2.75, 3.05) is 0 Å². The fourth-order valence-corrected chi connectivity index (χ4v) is 2.21. The first-order valence-corrected chi connectivity index (χ1v) is 6.71. The quantitative estimate of drug-likeness (QED) is 0.888. The van der Waals surface area contributed by atoms with E-state index in [-0.39, 0.29) is 30.1 Å². The van der Waals surface area contributed by atoms with E-state index in [0.717, 1.165) is 0 Å². The number of hydrogen-bond acceptors (Lipinski definition) is 2. The number of carboxylic acids is 1. The van der Waals surface area contributed by atoms with Crippen LogP contribution in [0, 0.1) is 5.82 Å². The van der Waals surface area contributed by atoms with Gasteiger partial charge in [0.05, 0.1) is 5.69 Å². The molecule has 1 aromatic carbocycles. The maximum Gasteiger partial charge on any atom is 0.303 e. The van der Waals surface area contributed by atoms with Gasteiger partial charge in [-0.2, -0.15) is 0 Å². The Morgan fingerprint density at radius 3 is 2.48 bits per heavy atom. The van der Waals surface area contributed by atoms with E-state index in [1.165, 1.54) is 28.9 Å². The van der Waals surface area contributed by atoms with Crippen LogP contribution in [-0.2, 0) is 11.2 Å². The van der Waals surface area contributed by atoms with Gasteiger partial charge in [0, 0.05) is 17.7 Å². The molecule has 0 bridgehead atoms. The molecule has 2 aromatic rings. The highest BCUT2D eigenvalue weighted by molar-refractivity contribution is 5.67. The van der Waals surface area contributed by atoms with E-state index in [0.29, 0.717) is 16.9 Å². The third-order valence-electron chi connectivity index (χ3n) is 3.27. The number of H-pyrrole nitrogens is 1. The largest absolute Gasteiger partial charge is 0.481 e. The molecule has 0 aliphatic rings. The van der Waals surface area contributed by atoms with Gasteiger partial charge in [0.15, 0.2) is 0 Å². The maximum atomic E-state index is 13.0. The van der Waals surface area contributed by atoms with Crippen LogP contribution in [0.15, 0.2) is 29.1 Å². The summed E-state index contributed by atoms with van der Waals surface area (Å²) >= 11 is 0. The Morgan fingerprint density at radius 1 is 1.33 bits per heavy atom.